The van der Waals surface area contributed by atoms with E-state index in [1.807, 2.05) is 0 Å². The molecular formula is C21H22ClN3O6. The summed E-state index contributed by atoms with van der Waals surface area (Å²) in [7, 11) is 4.36. The third-order valence-electron chi connectivity index (χ3n) is 4.94. The Morgan fingerprint density at radius 3 is 2.26 bits per heavy atom. The summed E-state index contributed by atoms with van der Waals surface area (Å²) in [5.41, 5.74) is -0.578. The predicted octanol–water partition coefficient (Wildman–Crippen LogP) is 2.77. The van der Waals surface area contributed by atoms with Gasteiger partial charge in [0.1, 0.15) is 12.1 Å². The second kappa shape index (κ2) is 8.73. The molecule has 1 saturated heterocycles. The predicted molar refractivity (Wildman–Crippen MR) is 114 cm³/mol. The lowest BCUT2D eigenvalue weighted by Gasteiger charge is -2.23. The first kappa shape index (κ1) is 22.2. The lowest BCUT2D eigenvalue weighted by atomic mass is 9.92. The number of ether oxygens (including phenoxy) is 3. The fourth-order valence-corrected chi connectivity index (χ4v) is 3.71. The molecule has 0 bridgehead atoms. The molecule has 1 atom stereocenters. The first-order valence-electron chi connectivity index (χ1n) is 9.24. The van der Waals surface area contributed by atoms with E-state index in [0.29, 0.717) is 33.5 Å². The average molecular weight is 448 g/mol. The Bertz CT molecular complexity index is 1020. The van der Waals surface area contributed by atoms with Gasteiger partial charge in [0, 0.05) is 28.4 Å². The van der Waals surface area contributed by atoms with Gasteiger partial charge in [0.2, 0.25) is 11.7 Å². The Morgan fingerprint density at radius 1 is 1.10 bits per heavy atom. The minimum absolute atomic E-state index is 0.336. The van der Waals surface area contributed by atoms with Crippen LogP contribution in [0.2, 0.25) is 5.02 Å². The Morgan fingerprint density at radius 2 is 1.71 bits per heavy atom. The van der Waals surface area contributed by atoms with Crippen LogP contribution in [-0.4, -0.2) is 50.6 Å². The smallest absolute Gasteiger partial charge is 0.325 e. The first-order chi connectivity index (χ1) is 14.7. The fraction of sp³-hybridized carbons (Fsp3) is 0.286. The van der Waals surface area contributed by atoms with Crippen molar-refractivity contribution in [3.05, 3.63) is 47.0 Å². The number of imide groups is 1. The maximum absolute atomic E-state index is 13.0. The molecule has 0 unspecified atom stereocenters. The van der Waals surface area contributed by atoms with Crippen molar-refractivity contribution in [3.63, 3.8) is 0 Å². The van der Waals surface area contributed by atoms with Gasteiger partial charge in [-0.1, -0.05) is 29.8 Å². The Kier molecular flexibility index (Phi) is 6.26. The molecule has 0 radical (unpaired) electrons. The van der Waals surface area contributed by atoms with Gasteiger partial charge in [-0.15, -0.1) is 0 Å². The number of anilines is 1. The quantitative estimate of drug-likeness (QED) is 0.632. The minimum Gasteiger partial charge on any atom is -0.493 e. The molecule has 1 aliphatic heterocycles. The highest BCUT2D eigenvalue weighted by atomic mass is 35.5. The van der Waals surface area contributed by atoms with E-state index in [4.69, 9.17) is 25.8 Å². The lowest BCUT2D eigenvalue weighted by molar-refractivity contribution is -0.133. The van der Waals surface area contributed by atoms with Crippen LogP contribution in [0.1, 0.15) is 12.5 Å². The summed E-state index contributed by atoms with van der Waals surface area (Å²) in [6.07, 6.45) is 0. The Balaban J connectivity index is 1.79. The van der Waals surface area contributed by atoms with Crippen LogP contribution in [0.15, 0.2) is 36.4 Å². The fourth-order valence-electron chi connectivity index (χ4n) is 3.39. The van der Waals surface area contributed by atoms with Gasteiger partial charge in [0.15, 0.2) is 11.5 Å². The SMILES string of the molecule is COc1cc(NC(=O)CN2C(=O)N[C@@](C)(c3ccccc3Cl)C2=O)cc(OC)c1OC. The van der Waals surface area contributed by atoms with Crippen molar-refractivity contribution >= 4 is 35.1 Å². The zero-order valence-corrected chi connectivity index (χ0v) is 18.2. The van der Waals surface area contributed by atoms with Gasteiger partial charge in [-0.05, 0) is 13.0 Å². The molecular weight excluding hydrogens is 426 g/mol. The number of halogens is 1. The third-order valence-corrected chi connectivity index (χ3v) is 5.27. The number of hydrogen-bond donors (Lipinski definition) is 2. The molecule has 2 aromatic carbocycles. The van der Waals surface area contributed by atoms with E-state index < -0.39 is 29.9 Å². The second-order valence-electron chi connectivity index (χ2n) is 6.89. The van der Waals surface area contributed by atoms with Crippen LogP contribution in [0.3, 0.4) is 0 Å². The summed E-state index contributed by atoms with van der Waals surface area (Å²) in [6.45, 7) is 1.06. The summed E-state index contributed by atoms with van der Waals surface area (Å²) < 4.78 is 15.8. The molecule has 10 heteroatoms. The van der Waals surface area contributed by atoms with Crippen molar-refractivity contribution in [1.29, 1.82) is 0 Å². The van der Waals surface area contributed by atoms with E-state index in [9.17, 15) is 14.4 Å². The molecule has 1 heterocycles. The van der Waals surface area contributed by atoms with Crippen molar-refractivity contribution in [2.75, 3.05) is 33.2 Å². The summed E-state index contributed by atoms with van der Waals surface area (Å²) in [5.74, 6) is -0.101. The normalized spacial score (nSPS) is 17.9. The number of urea groups is 1. The van der Waals surface area contributed by atoms with Gasteiger partial charge in [-0.2, -0.15) is 0 Å². The molecule has 3 rings (SSSR count). The van der Waals surface area contributed by atoms with Crippen LogP contribution in [0, 0.1) is 0 Å². The zero-order valence-electron chi connectivity index (χ0n) is 17.4. The molecule has 4 amide bonds. The molecule has 164 valence electrons. The number of carbonyl (C=O) groups is 3. The topological polar surface area (TPSA) is 106 Å². The molecule has 2 aromatic rings. The Hall–Kier alpha value is -3.46. The van der Waals surface area contributed by atoms with Crippen LogP contribution in [0.5, 0.6) is 17.2 Å². The zero-order chi connectivity index (χ0) is 22.8. The standard InChI is InChI=1S/C21H22ClN3O6/c1-21(13-7-5-6-8-14(13)22)19(27)25(20(28)24-21)11-17(26)23-12-9-15(29-2)18(31-4)16(10-12)30-3/h5-10H,11H2,1-4H3,(H,23,26)(H,24,28)/t21-/m0/s1. The van der Waals surface area contributed by atoms with Crippen LogP contribution < -0.4 is 24.8 Å². The number of carbonyl (C=O) groups excluding carboxylic acids is 3. The van der Waals surface area contributed by atoms with Crippen molar-refractivity contribution < 1.29 is 28.6 Å². The number of hydrogen-bond acceptors (Lipinski definition) is 6. The average Bonchev–Trinajstić information content (AvgIpc) is 2.96. The number of methoxy groups -OCH3 is 3. The van der Waals surface area contributed by atoms with E-state index in [1.54, 1.807) is 43.3 Å². The molecule has 0 spiro atoms. The van der Waals surface area contributed by atoms with Gasteiger partial charge in [0.05, 0.1) is 21.3 Å². The number of amides is 4. The van der Waals surface area contributed by atoms with E-state index in [2.05, 4.69) is 10.6 Å². The van der Waals surface area contributed by atoms with Crippen LogP contribution in [-0.2, 0) is 15.1 Å². The molecule has 1 aliphatic rings. The van der Waals surface area contributed by atoms with Gasteiger partial charge in [-0.25, -0.2) is 4.79 Å². The minimum atomic E-state index is -1.37. The molecule has 9 nitrogen and oxygen atoms in total. The van der Waals surface area contributed by atoms with Crippen molar-refractivity contribution in [2.45, 2.75) is 12.5 Å². The van der Waals surface area contributed by atoms with Crippen LogP contribution in [0.4, 0.5) is 10.5 Å². The van der Waals surface area contributed by atoms with Gasteiger partial charge < -0.3 is 24.8 Å². The molecule has 2 N–H and O–H groups in total. The van der Waals surface area contributed by atoms with Gasteiger partial charge in [-0.3, -0.25) is 14.5 Å². The number of nitrogens with zero attached hydrogens (tertiary/aromatic N) is 1. The van der Waals surface area contributed by atoms with Crippen LogP contribution >= 0.6 is 11.6 Å². The largest absolute Gasteiger partial charge is 0.493 e. The van der Waals surface area contributed by atoms with E-state index in [-0.39, 0.29) is 0 Å². The van der Waals surface area contributed by atoms with Crippen molar-refractivity contribution in [2.24, 2.45) is 0 Å². The number of benzene rings is 2. The van der Waals surface area contributed by atoms with E-state index in [1.165, 1.54) is 21.3 Å². The molecule has 0 aromatic heterocycles. The van der Waals surface area contributed by atoms with Crippen molar-refractivity contribution in [1.82, 2.24) is 10.2 Å². The lowest BCUT2D eigenvalue weighted by Crippen LogP contribution is -2.42. The number of rotatable bonds is 7. The maximum atomic E-state index is 13.0. The summed E-state index contributed by atoms with van der Waals surface area (Å²) in [6, 6.07) is 9.11. The summed E-state index contributed by atoms with van der Waals surface area (Å²) >= 11 is 6.21. The molecule has 31 heavy (non-hydrogen) atoms. The monoisotopic (exact) mass is 447 g/mol. The highest BCUT2D eigenvalue weighted by molar-refractivity contribution is 6.32. The first-order valence-corrected chi connectivity index (χ1v) is 9.62. The Labute approximate surface area is 184 Å². The number of nitrogens with one attached hydrogen (secondary N) is 2. The highest BCUT2D eigenvalue weighted by Crippen LogP contribution is 2.40. The van der Waals surface area contributed by atoms with E-state index in [0.717, 1.165) is 4.90 Å². The molecule has 0 saturated carbocycles. The second-order valence-corrected chi connectivity index (χ2v) is 7.30. The maximum Gasteiger partial charge on any atom is 0.325 e. The van der Waals surface area contributed by atoms with Gasteiger partial charge in [0.25, 0.3) is 5.91 Å². The van der Waals surface area contributed by atoms with Gasteiger partial charge >= 0.3 is 6.03 Å². The van der Waals surface area contributed by atoms with E-state index >= 15 is 0 Å². The van der Waals surface area contributed by atoms with Crippen molar-refractivity contribution in [3.8, 4) is 17.2 Å². The van der Waals surface area contributed by atoms with Crippen LogP contribution in [0.25, 0.3) is 0 Å². The molecule has 0 aliphatic carbocycles. The summed E-state index contributed by atoms with van der Waals surface area (Å²) in [4.78, 5) is 38.9. The molecule has 1 fully saturated rings. The third kappa shape index (κ3) is 4.09. The highest BCUT2D eigenvalue weighted by Gasteiger charge is 2.50. The summed E-state index contributed by atoms with van der Waals surface area (Å²) in [5, 5.41) is 5.59.